The highest BCUT2D eigenvalue weighted by Gasteiger charge is 2.44. The van der Waals surface area contributed by atoms with E-state index in [9.17, 15) is 9.59 Å². The Balaban J connectivity index is 1.93. The van der Waals surface area contributed by atoms with Gasteiger partial charge in [0.15, 0.2) is 0 Å². The van der Waals surface area contributed by atoms with Gasteiger partial charge in [-0.15, -0.1) is 0 Å². The summed E-state index contributed by atoms with van der Waals surface area (Å²) in [6.07, 6.45) is 4.30. The first-order valence-corrected chi connectivity index (χ1v) is 6.95. The summed E-state index contributed by atoms with van der Waals surface area (Å²) >= 11 is 0. The molecule has 2 rings (SSSR count). The average molecular weight is 269 g/mol. The van der Waals surface area contributed by atoms with Gasteiger partial charge in [0.25, 0.3) is 0 Å². The smallest absolute Gasteiger partial charge is 0.407 e. The van der Waals surface area contributed by atoms with Crippen LogP contribution >= 0.6 is 0 Å². The molecule has 0 radical (unpaired) electrons. The Hall–Kier alpha value is -1.30. The van der Waals surface area contributed by atoms with Gasteiger partial charge in [-0.2, -0.15) is 0 Å². The fourth-order valence-corrected chi connectivity index (χ4v) is 3.18. The van der Waals surface area contributed by atoms with E-state index < -0.39 is 6.09 Å². The maximum Gasteiger partial charge on any atom is 0.407 e. The largest absolute Gasteiger partial charge is 0.453 e. The second-order valence-corrected chi connectivity index (χ2v) is 5.56. The van der Waals surface area contributed by atoms with Crippen LogP contribution in [0.5, 0.6) is 0 Å². The molecule has 108 valence electrons. The number of nitrogens with one attached hydrogen (secondary N) is 1. The average Bonchev–Trinajstić information content (AvgIpc) is 3.07. The molecule has 0 bridgehead atoms. The Morgan fingerprint density at radius 3 is 2.68 bits per heavy atom. The van der Waals surface area contributed by atoms with Crippen molar-refractivity contribution in [3.8, 4) is 0 Å². The first kappa shape index (κ1) is 14.1. The van der Waals surface area contributed by atoms with Crippen molar-refractivity contribution in [3.05, 3.63) is 0 Å². The number of amides is 2. The Labute approximate surface area is 113 Å². The maximum atomic E-state index is 12.6. The monoisotopic (exact) mass is 269 g/mol. The first-order chi connectivity index (χ1) is 9.11. The van der Waals surface area contributed by atoms with Gasteiger partial charge in [-0.1, -0.05) is 12.8 Å². The summed E-state index contributed by atoms with van der Waals surface area (Å²) in [5.41, 5.74) is 5.49. The lowest BCUT2D eigenvalue weighted by atomic mass is 9.85. The maximum absolute atomic E-state index is 12.6. The summed E-state index contributed by atoms with van der Waals surface area (Å²) in [6.45, 7) is 1.68. The zero-order valence-electron chi connectivity index (χ0n) is 11.5. The number of nitrogens with zero attached hydrogens (tertiary/aromatic N) is 1. The molecule has 1 unspecified atom stereocenters. The topological polar surface area (TPSA) is 84.7 Å². The normalized spacial score (nSPS) is 25.4. The van der Waals surface area contributed by atoms with E-state index in [-0.39, 0.29) is 17.4 Å². The first-order valence-electron chi connectivity index (χ1n) is 6.95. The van der Waals surface area contributed by atoms with E-state index in [2.05, 4.69) is 10.1 Å². The van der Waals surface area contributed by atoms with Crippen LogP contribution in [0.3, 0.4) is 0 Å². The van der Waals surface area contributed by atoms with Crippen LogP contribution in [0.1, 0.15) is 32.1 Å². The Bertz CT molecular complexity index is 353. The van der Waals surface area contributed by atoms with Crippen molar-refractivity contribution in [2.75, 3.05) is 26.7 Å². The summed E-state index contributed by atoms with van der Waals surface area (Å²) < 4.78 is 4.58. The van der Waals surface area contributed by atoms with Gasteiger partial charge in [0.2, 0.25) is 5.91 Å². The molecule has 6 nitrogen and oxygen atoms in total. The molecule has 19 heavy (non-hydrogen) atoms. The molecule has 1 aliphatic carbocycles. The molecule has 0 aromatic heterocycles. The van der Waals surface area contributed by atoms with Crippen LogP contribution in [-0.4, -0.2) is 49.7 Å². The fraction of sp³-hybridized carbons (Fsp3) is 0.846. The van der Waals surface area contributed by atoms with Gasteiger partial charge in [0.05, 0.1) is 18.6 Å². The van der Waals surface area contributed by atoms with Crippen molar-refractivity contribution in [3.63, 3.8) is 0 Å². The summed E-state index contributed by atoms with van der Waals surface area (Å²) in [5.74, 6) is 0.168. The molecule has 1 atom stereocenters. The molecule has 0 spiro atoms. The van der Waals surface area contributed by atoms with Crippen LogP contribution in [0.15, 0.2) is 0 Å². The van der Waals surface area contributed by atoms with E-state index in [4.69, 9.17) is 5.73 Å². The zero-order chi connectivity index (χ0) is 13.9. The van der Waals surface area contributed by atoms with E-state index in [1.54, 1.807) is 0 Å². The Kier molecular flexibility index (Phi) is 4.29. The van der Waals surface area contributed by atoms with Crippen molar-refractivity contribution in [1.82, 2.24) is 10.2 Å². The Morgan fingerprint density at radius 1 is 1.42 bits per heavy atom. The second-order valence-electron chi connectivity index (χ2n) is 5.56. The van der Waals surface area contributed by atoms with Gasteiger partial charge >= 0.3 is 6.09 Å². The third kappa shape index (κ3) is 2.83. The molecular weight excluding hydrogens is 246 g/mol. The van der Waals surface area contributed by atoms with E-state index in [0.717, 1.165) is 32.1 Å². The van der Waals surface area contributed by atoms with Gasteiger partial charge in [-0.3, -0.25) is 4.79 Å². The summed E-state index contributed by atoms with van der Waals surface area (Å²) in [5, 5.41) is 2.75. The zero-order valence-corrected chi connectivity index (χ0v) is 11.5. The highest BCUT2D eigenvalue weighted by atomic mass is 16.5. The molecule has 3 N–H and O–H groups in total. The second kappa shape index (κ2) is 5.77. The number of hydrogen-bond acceptors (Lipinski definition) is 4. The number of carbonyl (C=O) groups is 2. The molecule has 1 saturated carbocycles. The molecule has 0 aromatic rings. The van der Waals surface area contributed by atoms with Gasteiger partial charge in [0, 0.05) is 19.6 Å². The SMILES string of the molecule is COC(=O)NC1CCN(C(=O)C2(CN)CCCC2)C1. The van der Waals surface area contributed by atoms with Crippen molar-refractivity contribution in [1.29, 1.82) is 0 Å². The standard InChI is InChI=1S/C13H23N3O3/c1-19-12(18)15-10-4-7-16(8-10)11(17)13(9-14)5-2-3-6-13/h10H,2-9,14H2,1H3,(H,15,18). The third-order valence-electron chi connectivity index (χ3n) is 4.39. The van der Waals surface area contributed by atoms with Crippen molar-refractivity contribution in [2.24, 2.45) is 11.1 Å². The van der Waals surface area contributed by atoms with Crippen molar-refractivity contribution >= 4 is 12.0 Å². The molecule has 2 fully saturated rings. The minimum atomic E-state index is -0.436. The van der Waals surface area contributed by atoms with E-state index in [0.29, 0.717) is 19.6 Å². The van der Waals surface area contributed by atoms with Gasteiger partial charge in [0.1, 0.15) is 0 Å². The van der Waals surface area contributed by atoms with Crippen LogP contribution < -0.4 is 11.1 Å². The highest BCUT2D eigenvalue weighted by Crippen LogP contribution is 2.39. The number of nitrogens with two attached hydrogens (primary N) is 1. The van der Waals surface area contributed by atoms with Crippen molar-refractivity contribution < 1.29 is 14.3 Å². The van der Waals surface area contributed by atoms with Crippen LogP contribution in [0.4, 0.5) is 4.79 Å². The van der Waals surface area contributed by atoms with Gasteiger partial charge < -0.3 is 20.7 Å². The fourth-order valence-electron chi connectivity index (χ4n) is 3.18. The number of likely N-dealkylation sites (tertiary alicyclic amines) is 1. The Morgan fingerprint density at radius 2 is 2.11 bits per heavy atom. The highest BCUT2D eigenvalue weighted by molar-refractivity contribution is 5.83. The molecule has 1 heterocycles. The predicted molar refractivity (Wildman–Crippen MR) is 70.5 cm³/mol. The molecule has 2 aliphatic rings. The predicted octanol–water partition coefficient (Wildman–Crippen LogP) is 0.462. The molecular formula is C13H23N3O3. The molecule has 1 aliphatic heterocycles. The molecule has 6 heteroatoms. The lowest BCUT2D eigenvalue weighted by molar-refractivity contribution is -0.140. The van der Waals surface area contributed by atoms with Gasteiger partial charge in [-0.25, -0.2) is 4.79 Å². The third-order valence-corrected chi connectivity index (χ3v) is 4.39. The van der Waals surface area contributed by atoms with Crippen LogP contribution in [-0.2, 0) is 9.53 Å². The van der Waals surface area contributed by atoms with E-state index in [1.807, 2.05) is 4.90 Å². The summed E-state index contributed by atoms with van der Waals surface area (Å²) in [6, 6.07) is -0.00683. The summed E-state index contributed by atoms with van der Waals surface area (Å²) in [7, 11) is 1.34. The van der Waals surface area contributed by atoms with E-state index >= 15 is 0 Å². The van der Waals surface area contributed by atoms with Crippen LogP contribution in [0.25, 0.3) is 0 Å². The number of ether oxygens (including phenoxy) is 1. The van der Waals surface area contributed by atoms with Crippen LogP contribution in [0, 0.1) is 5.41 Å². The minimum Gasteiger partial charge on any atom is -0.453 e. The quantitative estimate of drug-likeness (QED) is 0.779. The number of alkyl carbamates (subject to hydrolysis) is 1. The number of carbonyl (C=O) groups excluding carboxylic acids is 2. The lowest BCUT2D eigenvalue weighted by Gasteiger charge is -2.31. The van der Waals surface area contributed by atoms with Gasteiger partial charge in [-0.05, 0) is 19.3 Å². The number of methoxy groups -OCH3 is 1. The number of hydrogen-bond donors (Lipinski definition) is 2. The molecule has 2 amide bonds. The minimum absolute atomic E-state index is 0.00683. The number of rotatable bonds is 3. The lowest BCUT2D eigenvalue weighted by Crippen LogP contribution is -2.47. The van der Waals surface area contributed by atoms with Crippen molar-refractivity contribution in [2.45, 2.75) is 38.1 Å². The van der Waals surface area contributed by atoms with Crippen LogP contribution in [0.2, 0.25) is 0 Å². The summed E-state index contributed by atoms with van der Waals surface area (Å²) in [4.78, 5) is 25.6. The molecule has 0 aromatic carbocycles. The molecule has 1 saturated heterocycles. The van der Waals surface area contributed by atoms with E-state index in [1.165, 1.54) is 7.11 Å².